The highest BCUT2D eigenvalue weighted by atomic mass is 16.5. The molecule has 0 aromatic carbocycles. The van der Waals surface area contributed by atoms with Crippen molar-refractivity contribution in [1.29, 1.82) is 0 Å². The molecule has 0 aromatic heterocycles. The molecular formula is C22H36O3. The van der Waals surface area contributed by atoms with Gasteiger partial charge in [-0.1, -0.05) is 13.3 Å². The predicted octanol–water partition coefficient (Wildman–Crippen LogP) is 5.14. The maximum absolute atomic E-state index is 12.1. The molecule has 0 aliphatic heterocycles. The minimum absolute atomic E-state index is 0.231. The van der Waals surface area contributed by atoms with Crippen molar-refractivity contribution in [3.05, 3.63) is 0 Å². The Kier molecular flexibility index (Phi) is 4.26. The van der Waals surface area contributed by atoms with Gasteiger partial charge < -0.3 is 9.84 Å². The highest BCUT2D eigenvalue weighted by Crippen LogP contribution is 2.72. The summed E-state index contributed by atoms with van der Waals surface area (Å²) >= 11 is 0. The van der Waals surface area contributed by atoms with Gasteiger partial charge in [-0.25, -0.2) is 0 Å². The third-order valence-electron chi connectivity index (χ3n) is 9.30. The molecule has 4 fully saturated rings. The minimum atomic E-state index is -0.547. The second-order valence-corrected chi connectivity index (χ2v) is 10.3. The van der Waals surface area contributed by atoms with Gasteiger partial charge in [0.25, 0.3) is 0 Å². The fourth-order valence-electron chi connectivity index (χ4n) is 8.31. The second-order valence-electron chi connectivity index (χ2n) is 10.3. The van der Waals surface area contributed by atoms with Crippen LogP contribution in [0, 0.1) is 39.9 Å². The van der Waals surface area contributed by atoms with Gasteiger partial charge >= 0.3 is 5.97 Å². The zero-order valence-electron chi connectivity index (χ0n) is 16.4. The number of fused-ring (bicyclic) bond motifs is 3. The van der Waals surface area contributed by atoms with E-state index in [9.17, 15) is 9.90 Å². The lowest BCUT2D eigenvalue weighted by Crippen LogP contribution is -2.58. The summed E-state index contributed by atoms with van der Waals surface area (Å²) in [6.45, 7) is 8.40. The largest absolute Gasteiger partial charge is 0.481 e. The molecule has 4 saturated carbocycles. The monoisotopic (exact) mass is 348 g/mol. The van der Waals surface area contributed by atoms with Crippen LogP contribution in [-0.2, 0) is 9.53 Å². The van der Waals surface area contributed by atoms with Crippen LogP contribution >= 0.6 is 0 Å². The molecular weight excluding hydrogens is 312 g/mol. The molecule has 2 bridgehead atoms. The Bertz CT molecular complexity index is 545. The van der Waals surface area contributed by atoms with E-state index in [1.165, 1.54) is 38.5 Å². The van der Waals surface area contributed by atoms with E-state index in [2.05, 4.69) is 13.8 Å². The van der Waals surface area contributed by atoms with E-state index in [1.54, 1.807) is 0 Å². The van der Waals surface area contributed by atoms with Crippen molar-refractivity contribution < 1.29 is 14.6 Å². The fourth-order valence-corrected chi connectivity index (χ4v) is 8.31. The zero-order valence-corrected chi connectivity index (χ0v) is 16.4. The lowest BCUT2D eigenvalue weighted by molar-refractivity contribution is -0.181. The molecule has 3 heteroatoms. The average molecular weight is 349 g/mol. The Labute approximate surface area is 152 Å². The van der Waals surface area contributed by atoms with Crippen LogP contribution in [0.2, 0.25) is 0 Å². The topological polar surface area (TPSA) is 46.5 Å². The summed E-state index contributed by atoms with van der Waals surface area (Å²) in [5, 5.41) is 10.00. The number of carboxylic acid groups (broad SMARTS) is 1. The molecule has 7 atom stereocenters. The summed E-state index contributed by atoms with van der Waals surface area (Å²) in [7, 11) is 0. The van der Waals surface area contributed by atoms with E-state index in [4.69, 9.17) is 4.74 Å². The molecule has 142 valence electrons. The molecule has 1 spiro atoms. The predicted molar refractivity (Wildman–Crippen MR) is 98.3 cm³/mol. The van der Waals surface area contributed by atoms with Crippen LogP contribution in [0.5, 0.6) is 0 Å². The number of hydrogen-bond acceptors (Lipinski definition) is 2. The van der Waals surface area contributed by atoms with Crippen LogP contribution in [0.1, 0.15) is 78.6 Å². The molecule has 25 heavy (non-hydrogen) atoms. The second kappa shape index (κ2) is 5.97. The molecule has 0 aromatic rings. The van der Waals surface area contributed by atoms with Crippen LogP contribution in [0.15, 0.2) is 0 Å². The zero-order chi connectivity index (χ0) is 17.9. The Balaban J connectivity index is 1.63. The van der Waals surface area contributed by atoms with Gasteiger partial charge in [-0.3, -0.25) is 4.79 Å². The van der Waals surface area contributed by atoms with E-state index < -0.39 is 11.4 Å². The molecule has 4 rings (SSSR count). The van der Waals surface area contributed by atoms with E-state index in [0.29, 0.717) is 11.3 Å². The van der Waals surface area contributed by atoms with Crippen LogP contribution in [0.25, 0.3) is 0 Å². The van der Waals surface area contributed by atoms with E-state index in [0.717, 1.165) is 50.2 Å². The highest BCUT2D eigenvalue weighted by Gasteiger charge is 2.65. The molecule has 0 heterocycles. The third-order valence-corrected chi connectivity index (χ3v) is 9.30. The Hall–Kier alpha value is -0.570. The van der Waals surface area contributed by atoms with Gasteiger partial charge in [0.05, 0.1) is 5.41 Å². The van der Waals surface area contributed by atoms with Crippen molar-refractivity contribution in [1.82, 2.24) is 0 Å². The first-order chi connectivity index (χ1) is 11.9. The smallest absolute Gasteiger partial charge is 0.309 e. The number of carboxylic acids is 1. The first kappa shape index (κ1) is 17.8. The van der Waals surface area contributed by atoms with Gasteiger partial charge in [0.15, 0.2) is 0 Å². The summed E-state index contributed by atoms with van der Waals surface area (Å²) in [6, 6.07) is 0. The molecule has 1 N–H and O–H groups in total. The van der Waals surface area contributed by atoms with Crippen molar-refractivity contribution in [2.24, 2.45) is 39.9 Å². The quantitative estimate of drug-likeness (QED) is 0.765. The fraction of sp³-hybridized carbons (Fsp3) is 0.955. The molecule has 4 aliphatic rings. The number of hydrogen-bond donors (Lipinski definition) is 1. The molecule has 0 radical (unpaired) electrons. The Morgan fingerprint density at radius 2 is 1.88 bits per heavy atom. The van der Waals surface area contributed by atoms with Crippen LogP contribution in [0.3, 0.4) is 0 Å². The summed E-state index contributed by atoms with van der Waals surface area (Å²) in [4.78, 5) is 12.1. The van der Waals surface area contributed by atoms with Gasteiger partial charge in [0.1, 0.15) is 0 Å². The van der Waals surface area contributed by atoms with Gasteiger partial charge in [-0.05, 0) is 99.7 Å². The van der Waals surface area contributed by atoms with Crippen molar-refractivity contribution in [2.75, 3.05) is 13.2 Å². The van der Waals surface area contributed by atoms with Crippen molar-refractivity contribution >= 4 is 5.97 Å². The first-order valence-corrected chi connectivity index (χ1v) is 10.7. The summed E-state index contributed by atoms with van der Waals surface area (Å²) < 4.78 is 5.82. The van der Waals surface area contributed by atoms with Crippen molar-refractivity contribution in [3.63, 3.8) is 0 Å². The van der Waals surface area contributed by atoms with E-state index >= 15 is 0 Å². The summed E-state index contributed by atoms with van der Waals surface area (Å²) in [5.41, 5.74) is 0.219. The van der Waals surface area contributed by atoms with Gasteiger partial charge in [-0.2, -0.15) is 0 Å². The number of rotatable bonds is 4. The number of aliphatic carboxylic acids is 1. The van der Waals surface area contributed by atoms with Crippen LogP contribution in [0.4, 0.5) is 0 Å². The maximum atomic E-state index is 12.1. The first-order valence-electron chi connectivity index (χ1n) is 10.7. The molecule has 0 saturated heterocycles. The van der Waals surface area contributed by atoms with Crippen molar-refractivity contribution in [2.45, 2.75) is 78.6 Å². The third kappa shape index (κ3) is 2.44. The molecule has 3 nitrogen and oxygen atoms in total. The summed E-state index contributed by atoms with van der Waals surface area (Å²) in [5.74, 6) is 2.16. The van der Waals surface area contributed by atoms with Gasteiger partial charge in [0.2, 0.25) is 0 Å². The van der Waals surface area contributed by atoms with Gasteiger partial charge in [0, 0.05) is 13.2 Å². The number of ether oxygens (including phenoxy) is 1. The summed E-state index contributed by atoms with van der Waals surface area (Å²) in [6.07, 6.45) is 11.0. The average Bonchev–Trinajstić information content (AvgIpc) is 2.82. The van der Waals surface area contributed by atoms with Crippen LogP contribution in [-0.4, -0.2) is 24.3 Å². The standard InChI is InChI=1S/C22H36O3/c1-4-25-14-16-13-22-11-8-17-20(2,18(22)7-6-15(16)12-22)9-5-10-21(17,3)19(23)24/h15-18H,4-14H2,1-3H3,(H,23,24). The molecule has 4 aliphatic carbocycles. The number of carbonyl (C=O) groups is 1. The maximum Gasteiger partial charge on any atom is 0.309 e. The van der Waals surface area contributed by atoms with Crippen molar-refractivity contribution in [3.8, 4) is 0 Å². The SMILES string of the molecule is CCOCC1CC23CCC4C(C)(C(=O)O)CCCC4(C)C2CCC1C3. The lowest BCUT2D eigenvalue weighted by Gasteiger charge is -2.63. The van der Waals surface area contributed by atoms with E-state index in [1.807, 2.05) is 6.92 Å². The molecule has 7 unspecified atom stereocenters. The Morgan fingerprint density at radius 3 is 2.60 bits per heavy atom. The van der Waals surface area contributed by atoms with Gasteiger partial charge in [-0.15, -0.1) is 0 Å². The molecule has 0 amide bonds. The Morgan fingerprint density at radius 1 is 1.08 bits per heavy atom. The lowest BCUT2D eigenvalue weighted by atomic mass is 9.41. The normalized spacial score (nSPS) is 51.6. The highest BCUT2D eigenvalue weighted by molar-refractivity contribution is 5.75. The minimum Gasteiger partial charge on any atom is -0.481 e. The van der Waals surface area contributed by atoms with Crippen LogP contribution < -0.4 is 0 Å². The van der Waals surface area contributed by atoms with E-state index in [-0.39, 0.29) is 5.41 Å².